The minimum absolute atomic E-state index is 0.00490. The molecular formula is C24H21Cl2F2NO2S. The van der Waals surface area contributed by atoms with Crippen molar-refractivity contribution in [1.29, 1.82) is 0 Å². The van der Waals surface area contributed by atoms with Gasteiger partial charge in [-0.25, -0.2) is 17.2 Å². The molecule has 4 rings (SSSR count). The zero-order valence-corrected chi connectivity index (χ0v) is 19.3. The van der Waals surface area contributed by atoms with Crippen LogP contribution in [0.3, 0.4) is 0 Å². The molecule has 0 saturated carbocycles. The molecule has 32 heavy (non-hydrogen) atoms. The van der Waals surface area contributed by atoms with Gasteiger partial charge in [0, 0.05) is 29.2 Å². The van der Waals surface area contributed by atoms with Gasteiger partial charge >= 0.3 is 0 Å². The molecule has 3 aromatic carbocycles. The molecule has 0 atom stereocenters. The van der Waals surface area contributed by atoms with Crippen LogP contribution in [0.15, 0.2) is 71.6 Å². The van der Waals surface area contributed by atoms with E-state index in [0.717, 1.165) is 23.3 Å². The highest BCUT2D eigenvalue weighted by Crippen LogP contribution is 2.36. The molecule has 1 heterocycles. The summed E-state index contributed by atoms with van der Waals surface area (Å²) in [5.74, 6) is -1.77. The summed E-state index contributed by atoms with van der Waals surface area (Å²) in [6, 6.07) is 17.7. The van der Waals surface area contributed by atoms with Crippen molar-refractivity contribution in [1.82, 2.24) is 4.90 Å². The van der Waals surface area contributed by atoms with Crippen LogP contribution < -0.4 is 0 Å². The summed E-state index contributed by atoms with van der Waals surface area (Å²) < 4.78 is 51.9. The van der Waals surface area contributed by atoms with Gasteiger partial charge in [0.2, 0.25) is 0 Å². The summed E-state index contributed by atoms with van der Waals surface area (Å²) >= 11 is 12.1. The number of sulfone groups is 1. The lowest BCUT2D eigenvalue weighted by Crippen LogP contribution is -2.49. The molecule has 3 nitrogen and oxygen atoms in total. The number of nitrogens with zero attached hydrogens (tertiary/aromatic N) is 1. The smallest absolute Gasteiger partial charge is 0.178 e. The van der Waals surface area contributed by atoms with Crippen molar-refractivity contribution in [3.05, 3.63) is 99.5 Å². The Morgan fingerprint density at radius 1 is 0.844 bits per heavy atom. The molecule has 1 saturated heterocycles. The van der Waals surface area contributed by atoms with Gasteiger partial charge in [0.25, 0.3) is 0 Å². The van der Waals surface area contributed by atoms with Gasteiger partial charge in [0.05, 0.1) is 16.7 Å². The molecule has 0 aromatic heterocycles. The fourth-order valence-electron chi connectivity index (χ4n) is 4.06. The van der Waals surface area contributed by atoms with Crippen LogP contribution >= 0.6 is 23.2 Å². The number of benzene rings is 3. The summed E-state index contributed by atoms with van der Waals surface area (Å²) in [5, 5.41) is 1.31. The van der Waals surface area contributed by atoms with Crippen molar-refractivity contribution >= 4 is 33.0 Å². The number of hydrogen-bond acceptors (Lipinski definition) is 3. The zero-order chi connectivity index (χ0) is 22.9. The third-order valence-electron chi connectivity index (χ3n) is 5.71. The second kappa shape index (κ2) is 9.48. The Bertz CT molecular complexity index is 1130. The van der Waals surface area contributed by atoms with Crippen molar-refractivity contribution in [3.8, 4) is 0 Å². The first-order valence-electron chi connectivity index (χ1n) is 10.1. The molecule has 0 spiro atoms. The largest absolute Gasteiger partial charge is 0.292 e. The lowest BCUT2D eigenvalue weighted by atomic mass is 9.89. The molecule has 168 valence electrons. The Hall–Kier alpha value is -1.99. The van der Waals surface area contributed by atoms with E-state index in [4.69, 9.17) is 23.2 Å². The molecule has 0 unspecified atom stereocenters. The van der Waals surface area contributed by atoms with E-state index in [0.29, 0.717) is 35.6 Å². The van der Waals surface area contributed by atoms with Crippen LogP contribution in [-0.4, -0.2) is 32.2 Å². The predicted octanol–water partition coefficient (Wildman–Crippen LogP) is 6.16. The van der Waals surface area contributed by atoms with Crippen LogP contribution in [-0.2, 0) is 9.84 Å². The Kier molecular flexibility index (Phi) is 6.86. The first kappa shape index (κ1) is 23.2. The Morgan fingerprint density at radius 2 is 1.31 bits per heavy atom. The van der Waals surface area contributed by atoms with E-state index < -0.39 is 21.5 Å². The van der Waals surface area contributed by atoms with E-state index in [1.54, 1.807) is 0 Å². The normalized spacial score (nSPS) is 15.2. The molecule has 0 amide bonds. The van der Waals surface area contributed by atoms with E-state index in [1.165, 1.54) is 0 Å². The predicted molar refractivity (Wildman–Crippen MR) is 123 cm³/mol. The molecule has 0 bridgehead atoms. The number of rotatable bonds is 7. The Balaban J connectivity index is 1.44. The van der Waals surface area contributed by atoms with Gasteiger partial charge in [0.15, 0.2) is 9.84 Å². The van der Waals surface area contributed by atoms with Gasteiger partial charge in [-0.15, -0.1) is 0 Å². The number of halogens is 4. The number of hydrogen-bond donors (Lipinski definition) is 0. The van der Waals surface area contributed by atoms with Crippen LogP contribution in [0, 0.1) is 17.6 Å². The second-order valence-corrected chi connectivity index (χ2v) is 11.0. The SMILES string of the molecule is O=S(=O)(CCC1CN(C(c2ccc(Cl)cc2)c2ccc(Cl)cc2)C1)c1cc(F)cc(F)c1. The molecule has 1 aliphatic heterocycles. The maximum atomic E-state index is 13.4. The number of likely N-dealkylation sites (tertiary alicyclic amines) is 1. The maximum Gasteiger partial charge on any atom is 0.178 e. The molecular weight excluding hydrogens is 475 g/mol. The molecule has 3 aromatic rings. The Morgan fingerprint density at radius 3 is 1.78 bits per heavy atom. The highest BCUT2D eigenvalue weighted by molar-refractivity contribution is 7.91. The van der Waals surface area contributed by atoms with Crippen molar-refractivity contribution in [3.63, 3.8) is 0 Å². The van der Waals surface area contributed by atoms with Crippen LogP contribution in [0.1, 0.15) is 23.6 Å². The van der Waals surface area contributed by atoms with Gasteiger partial charge in [-0.1, -0.05) is 47.5 Å². The van der Waals surface area contributed by atoms with E-state index in [-0.39, 0.29) is 22.6 Å². The van der Waals surface area contributed by atoms with Gasteiger partial charge < -0.3 is 0 Å². The highest BCUT2D eigenvalue weighted by atomic mass is 35.5. The summed E-state index contributed by atoms with van der Waals surface area (Å²) in [5.41, 5.74) is 2.16. The van der Waals surface area contributed by atoms with Crippen LogP contribution in [0.2, 0.25) is 10.0 Å². The van der Waals surface area contributed by atoms with Crippen molar-refractivity contribution in [2.75, 3.05) is 18.8 Å². The quantitative estimate of drug-likeness (QED) is 0.394. The molecule has 0 N–H and O–H groups in total. The third kappa shape index (κ3) is 5.31. The summed E-state index contributed by atoms with van der Waals surface area (Å²) in [6.07, 6.45) is 0.422. The fraction of sp³-hybridized carbons (Fsp3) is 0.250. The molecule has 1 aliphatic rings. The van der Waals surface area contributed by atoms with E-state index in [2.05, 4.69) is 4.90 Å². The second-order valence-electron chi connectivity index (χ2n) is 8.04. The van der Waals surface area contributed by atoms with Gasteiger partial charge in [-0.3, -0.25) is 4.90 Å². The van der Waals surface area contributed by atoms with Crippen LogP contribution in [0.4, 0.5) is 8.78 Å². The van der Waals surface area contributed by atoms with Crippen molar-refractivity contribution in [2.24, 2.45) is 5.92 Å². The molecule has 8 heteroatoms. The molecule has 0 radical (unpaired) electrons. The fourth-order valence-corrected chi connectivity index (χ4v) is 5.77. The first-order valence-corrected chi connectivity index (χ1v) is 12.6. The average Bonchev–Trinajstić information content (AvgIpc) is 2.71. The van der Waals surface area contributed by atoms with E-state index >= 15 is 0 Å². The van der Waals surface area contributed by atoms with Crippen molar-refractivity contribution < 1.29 is 17.2 Å². The average molecular weight is 496 g/mol. The lowest BCUT2D eigenvalue weighted by Gasteiger charge is -2.45. The lowest BCUT2D eigenvalue weighted by molar-refractivity contribution is 0.0669. The monoisotopic (exact) mass is 495 g/mol. The summed E-state index contributed by atoms with van der Waals surface area (Å²) in [7, 11) is -3.76. The maximum absolute atomic E-state index is 13.4. The Labute approximate surface area is 196 Å². The minimum Gasteiger partial charge on any atom is -0.292 e. The standard InChI is InChI=1S/C24H21Cl2F2NO2S/c25-19-5-1-17(2-6-19)24(18-3-7-20(26)8-4-18)29-14-16(15-29)9-10-32(30,31)23-12-21(27)11-22(28)13-23/h1-8,11-13,16,24H,9-10,14-15H2. The first-order chi connectivity index (χ1) is 15.2. The molecule has 1 fully saturated rings. The molecule has 0 aliphatic carbocycles. The van der Waals surface area contributed by atoms with Crippen LogP contribution in [0.5, 0.6) is 0 Å². The zero-order valence-electron chi connectivity index (χ0n) is 17.0. The van der Waals surface area contributed by atoms with E-state index in [1.807, 2.05) is 48.5 Å². The third-order valence-corrected chi connectivity index (χ3v) is 7.94. The summed E-state index contributed by atoms with van der Waals surface area (Å²) in [4.78, 5) is 1.96. The van der Waals surface area contributed by atoms with Crippen molar-refractivity contribution in [2.45, 2.75) is 17.4 Å². The summed E-state index contributed by atoms with van der Waals surface area (Å²) in [6.45, 7) is 1.42. The topological polar surface area (TPSA) is 37.4 Å². The van der Waals surface area contributed by atoms with Gasteiger partial charge in [-0.2, -0.15) is 0 Å². The van der Waals surface area contributed by atoms with Crippen LogP contribution in [0.25, 0.3) is 0 Å². The van der Waals surface area contributed by atoms with E-state index in [9.17, 15) is 17.2 Å². The van der Waals surface area contributed by atoms with Gasteiger partial charge in [-0.05, 0) is 59.9 Å². The minimum atomic E-state index is -3.76. The van der Waals surface area contributed by atoms with Gasteiger partial charge in [0.1, 0.15) is 11.6 Å². The highest BCUT2D eigenvalue weighted by Gasteiger charge is 2.34.